The van der Waals surface area contributed by atoms with Gasteiger partial charge in [-0.3, -0.25) is 0 Å². The highest BCUT2D eigenvalue weighted by atomic mass is 32.1. The Morgan fingerprint density at radius 2 is 2.00 bits per heavy atom. The molecule has 0 N–H and O–H groups in total. The van der Waals surface area contributed by atoms with Crippen LogP contribution in [0.1, 0.15) is 20.8 Å². The van der Waals surface area contributed by atoms with Gasteiger partial charge >= 0.3 is 0 Å². The molecule has 0 fully saturated rings. The van der Waals surface area contributed by atoms with Crippen LogP contribution in [0.4, 0.5) is 5.13 Å². The van der Waals surface area contributed by atoms with E-state index in [-0.39, 0.29) is 5.54 Å². The third-order valence-electron chi connectivity index (χ3n) is 1.58. The zero-order valence-corrected chi connectivity index (χ0v) is 8.01. The van der Waals surface area contributed by atoms with E-state index in [4.69, 9.17) is 0 Å². The van der Waals surface area contributed by atoms with E-state index < -0.39 is 0 Å². The number of nitrogens with zero attached hydrogens (tertiary/aromatic N) is 4. The summed E-state index contributed by atoms with van der Waals surface area (Å²) in [4.78, 5) is 2.05. The van der Waals surface area contributed by atoms with Gasteiger partial charge in [-0.25, -0.2) is 0 Å². The third-order valence-corrected chi connectivity index (χ3v) is 2.26. The van der Waals surface area contributed by atoms with Gasteiger partial charge in [0.05, 0.1) is 0 Å². The van der Waals surface area contributed by atoms with E-state index in [2.05, 4.69) is 40.5 Å². The maximum Gasteiger partial charge on any atom is 0.228 e. The molecule has 0 aliphatic heterocycles. The van der Waals surface area contributed by atoms with Crippen molar-refractivity contribution in [2.75, 3.05) is 11.9 Å². The molecule has 0 spiro atoms. The van der Waals surface area contributed by atoms with Crippen molar-refractivity contribution >= 4 is 16.7 Å². The van der Waals surface area contributed by atoms with Crippen LogP contribution in [-0.4, -0.2) is 27.4 Å². The highest BCUT2D eigenvalue weighted by molar-refractivity contribution is 7.09. The molecular formula is C6H12N4S. The van der Waals surface area contributed by atoms with Crippen LogP contribution in [0.3, 0.4) is 0 Å². The van der Waals surface area contributed by atoms with Crippen molar-refractivity contribution in [3.05, 3.63) is 0 Å². The van der Waals surface area contributed by atoms with E-state index in [1.54, 1.807) is 0 Å². The number of hydrogen-bond donors (Lipinski definition) is 0. The molecule has 1 aromatic rings. The Labute approximate surface area is 70.4 Å². The lowest BCUT2D eigenvalue weighted by Crippen LogP contribution is -2.37. The van der Waals surface area contributed by atoms with Crippen molar-refractivity contribution < 1.29 is 0 Å². The molecule has 11 heavy (non-hydrogen) atoms. The van der Waals surface area contributed by atoms with Crippen LogP contribution in [0.2, 0.25) is 0 Å². The molecule has 0 unspecified atom stereocenters. The summed E-state index contributed by atoms with van der Waals surface area (Å²) in [6.07, 6.45) is 0. The number of aromatic nitrogens is 3. The molecule has 1 aromatic heterocycles. The fourth-order valence-electron chi connectivity index (χ4n) is 0.545. The van der Waals surface area contributed by atoms with Crippen LogP contribution in [-0.2, 0) is 0 Å². The summed E-state index contributed by atoms with van der Waals surface area (Å²) >= 11 is 1.31. The second-order valence-corrected chi connectivity index (χ2v) is 4.09. The van der Waals surface area contributed by atoms with E-state index in [0.29, 0.717) is 0 Å². The first kappa shape index (κ1) is 8.39. The molecule has 0 saturated heterocycles. The Morgan fingerprint density at radius 3 is 2.36 bits per heavy atom. The van der Waals surface area contributed by atoms with E-state index in [1.165, 1.54) is 11.5 Å². The SMILES string of the molecule is CN(c1nnns1)C(C)(C)C. The quantitative estimate of drug-likeness (QED) is 0.637. The van der Waals surface area contributed by atoms with Gasteiger partial charge in [-0.15, -0.1) is 0 Å². The smallest absolute Gasteiger partial charge is 0.228 e. The summed E-state index contributed by atoms with van der Waals surface area (Å²) < 4.78 is 3.70. The summed E-state index contributed by atoms with van der Waals surface area (Å²) in [6.45, 7) is 6.36. The van der Waals surface area contributed by atoms with Crippen LogP contribution < -0.4 is 4.90 Å². The van der Waals surface area contributed by atoms with Crippen molar-refractivity contribution in [1.82, 2.24) is 14.8 Å². The second kappa shape index (κ2) is 2.73. The predicted octanol–water partition coefficient (Wildman–Crippen LogP) is 1.17. The Bertz CT molecular complexity index is 213. The largest absolute Gasteiger partial charge is 0.344 e. The molecule has 0 amide bonds. The fourth-order valence-corrected chi connectivity index (χ4v) is 1.16. The van der Waals surface area contributed by atoms with Crippen molar-refractivity contribution in [1.29, 1.82) is 0 Å². The van der Waals surface area contributed by atoms with Crippen molar-refractivity contribution in [3.63, 3.8) is 0 Å². The Hall–Kier alpha value is -0.710. The van der Waals surface area contributed by atoms with Gasteiger partial charge in [0.1, 0.15) is 0 Å². The average Bonchev–Trinajstić information content (AvgIpc) is 2.34. The summed E-state index contributed by atoms with van der Waals surface area (Å²) in [6, 6.07) is 0. The molecule has 5 heteroatoms. The molecule has 0 aliphatic carbocycles. The summed E-state index contributed by atoms with van der Waals surface area (Å²) in [5, 5.41) is 8.26. The monoisotopic (exact) mass is 172 g/mol. The fraction of sp³-hybridized carbons (Fsp3) is 0.833. The molecule has 1 heterocycles. The van der Waals surface area contributed by atoms with Gasteiger partial charge < -0.3 is 4.90 Å². The molecule has 62 valence electrons. The minimum atomic E-state index is 0.0845. The standard InChI is InChI=1S/C6H12N4S/c1-6(2,3)10(4)5-7-8-9-11-5/h1-4H3. The van der Waals surface area contributed by atoms with Crippen LogP contribution >= 0.6 is 11.5 Å². The first-order valence-electron chi connectivity index (χ1n) is 3.40. The molecule has 0 aliphatic rings. The molecule has 1 rings (SSSR count). The van der Waals surface area contributed by atoms with Crippen LogP contribution in [0, 0.1) is 0 Å². The van der Waals surface area contributed by atoms with Crippen LogP contribution in [0.5, 0.6) is 0 Å². The van der Waals surface area contributed by atoms with Crippen molar-refractivity contribution in [2.24, 2.45) is 0 Å². The molecule has 4 nitrogen and oxygen atoms in total. The summed E-state index contributed by atoms with van der Waals surface area (Å²) in [5.74, 6) is 0. The third kappa shape index (κ3) is 1.86. The van der Waals surface area contributed by atoms with E-state index in [1.807, 2.05) is 7.05 Å². The molecular weight excluding hydrogens is 160 g/mol. The average molecular weight is 172 g/mol. The van der Waals surface area contributed by atoms with Gasteiger partial charge in [-0.1, -0.05) is 9.59 Å². The van der Waals surface area contributed by atoms with Crippen LogP contribution in [0.15, 0.2) is 0 Å². The molecule has 0 radical (unpaired) electrons. The normalized spacial score (nSPS) is 11.6. The second-order valence-electron chi connectivity index (χ2n) is 3.37. The number of anilines is 1. The lowest BCUT2D eigenvalue weighted by Gasteiger charge is -2.30. The Balaban J connectivity index is 2.78. The topological polar surface area (TPSA) is 41.9 Å². The molecule has 0 atom stereocenters. The van der Waals surface area contributed by atoms with Gasteiger partial charge in [-0.05, 0) is 26.0 Å². The highest BCUT2D eigenvalue weighted by Gasteiger charge is 2.19. The maximum atomic E-state index is 3.87. The van der Waals surface area contributed by atoms with Gasteiger partial charge in [-0.2, -0.15) is 0 Å². The lowest BCUT2D eigenvalue weighted by molar-refractivity contribution is 0.536. The van der Waals surface area contributed by atoms with Crippen molar-refractivity contribution in [3.8, 4) is 0 Å². The number of hydrogen-bond acceptors (Lipinski definition) is 5. The lowest BCUT2D eigenvalue weighted by atomic mass is 10.1. The van der Waals surface area contributed by atoms with E-state index >= 15 is 0 Å². The first-order valence-corrected chi connectivity index (χ1v) is 4.18. The number of rotatable bonds is 1. The van der Waals surface area contributed by atoms with Gasteiger partial charge in [0.25, 0.3) is 0 Å². The summed E-state index contributed by atoms with van der Waals surface area (Å²) in [5.41, 5.74) is 0.0845. The minimum absolute atomic E-state index is 0.0845. The Kier molecular flexibility index (Phi) is 2.08. The first-order chi connectivity index (χ1) is 5.02. The van der Waals surface area contributed by atoms with Gasteiger partial charge in [0, 0.05) is 24.1 Å². The van der Waals surface area contributed by atoms with Crippen molar-refractivity contribution in [2.45, 2.75) is 26.3 Å². The van der Waals surface area contributed by atoms with Gasteiger partial charge in [0.2, 0.25) is 5.13 Å². The zero-order chi connectivity index (χ0) is 8.48. The Morgan fingerprint density at radius 1 is 1.36 bits per heavy atom. The highest BCUT2D eigenvalue weighted by Crippen LogP contribution is 2.20. The minimum Gasteiger partial charge on any atom is -0.344 e. The van der Waals surface area contributed by atoms with Gasteiger partial charge in [0.15, 0.2) is 0 Å². The van der Waals surface area contributed by atoms with E-state index in [0.717, 1.165) is 5.13 Å². The summed E-state index contributed by atoms with van der Waals surface area (Å²) in [7, 11) is 1.99. The van der Waals surface area contributed by atoms with E-state index in [9.17, 15) is 0 Å². The molecule has 0 bridgehead atoms. The molecule has 0 saturated carbocycles. The molecule has 0 aromatic carbocycles. The van der Waals surface area contributed by atoms with Crippen LogP contribution in [0.25, 0.3) is 0 Å². The maximum absolute atomic E-state index is 3.87. The predicted molar refractivity (Wildman–Crippen MR) is 45.9 cm³/mol. The zero-order valence-electron chi connectivity index (χ0n) is 7.20.